The summed E-state index contributed by atoms with van der Waals surface area (Å²) in [5.74, 6) is 6.48. The normalized spacial score (nSPS) is 21.9. The second-order valence-corrected chi connectivity index (χ2v) is 40.5. The monoisotopic (exact) mass is 1680 g/mol. The third kappa shape index (κ3) is 10.9. The average Bonchev–Trinajstić information content (AvgIpc) is 1.52. The molecule has 0 N–H and O–H groups in total. The number of hydrogen-bond acceptors (Lipinski definition) is 4. The van der Waals surface area contributed by atoms with Crippen LogP contribution in [0.5, 0.6) is 0 Å². The van der Waals surface area contributed by atoms with E-state index in [2.05, 4.69) is 434 Å². The van der Waals surface area contributed by atoms with Crippen molar-refractivity contribution in [2.45, 2.75) is 94.3 Å². The molecular formula is C127H100N4. The first kappa shape index (κ1) is 75.6. The minimum Gasteiger partial charge on any atom is -0.310 e. The number of fused-ring (bicyclic) bond motifs is 9. The Hall–Kier alpha value is -14.3. The molecule has 11 aliphatic carbocycles. The highest BCUT2D eigenvalue weighted by Crippen LogP contribution is 2.73. The lowest BCUT2D eigenvalue weighted by atomic mass is 9.43. The van der Waals surface area contributed by atoms with Crippen molar-refractivity contribution >= 4 is 133 Å². The molecule has 0 aromatic heterocycles. The van der Waals surface area contributed by atoms with Gasteiger partial charge in [-0.25, -0.2) is 0 Å². The van der Waals surface area contributed by atoms with E-state index in [1.54, 1.807) is 22.3 Å². The lowest BCUT2D eigenvalue weighted by molar-refractivity contribution is -0.0399. The summed E-state index contributed by atoms with van der Waals surface area (Å²) in [6, 6.07) is 152. The van der Waals surface area contributed by atoms with E-state index < -0.39 is 0 Å². The standard InChI is InChI=1S/C65H52N2.C62H48N2/c1-64(2)54-20-11-9-18-49(54)50-31-28-48(39-57(50)64)66(46-14-5-3-6-15-46)58-32-26-42-25-30-53-59(33-27-43-24-29-52(58)61(42)62(43)53)67(47-16-7-4-8-17-47)60-23-13-22-56-63(60)51-19-10-12-21-55(51)65(56)44-35-40-34-41(37-44)38-45(65)36-40;1-4-14-42(15-5-1)45-16-12-21-50(39-45)63(48-17-6-2-7-18-48)56-32-28-43-27-31-53-57(33-29-44-26-30-52(56)59(43)60(44)53)64(49-19-8-3-9-20-49)58-25-13-24-55-61(58)51-22-10-11-23-54(51)62(55)46-35-40-34-41(37-46)38-47(62)36-40/h3-33,39-41,44-45H,34-38H2,1-2H3;1-33,39-41,46-47H,34-38H2. The van der Waals surface area contributed by atoms with Crippen LogP contribution >= 0.6 is 0 Å². The largest absolute Gasteiger partial charge is 0.310 e. The van der Waals surface area contributed by atoms with Crippen molar-refractivity contribution in [1.82, 2.24) is 0 Å². The molecule has 20 aromatic carbocycles. The van der Waals surface area contributed by atoms with Gasteiger partial charge in [0, 0.05) is 83.0 Å². The molecule has 0 amide bonds. The van der Waals surface area contributed by atoms with Gasteiger partial charge in [0.2, 0.25) is 0 Å². The Balaban J connectivity index is 0.000000132. The first-order valence-electron chi connectivity index (χ1n) is 48.4. The van der Waals surface area contributed by atoms with Crippen molar-refractivity contribution in [3.8, 4) is 44.5 Å². The number of para-hydroxylation sites is 4. The molecular weight excluding hydrogens is 1580 g/mol. The van der Waals surface area contributed by atoms with Gasteiger partial charge in [0.25, 0.3) is 0 Å². The molecule has 0 unspecified atom stereocenters. The smallest absolute Gasteiger partial charge is 0.0543 e. The molecule has 2 spiro atoms. The minimum absolute atomic E-state index is 0.0972. The van der Waals surface area contributed by atoms with Crippen molar-refractivity contribution in [2.75, 3.05) is 19.6 Å². The average molecular weight is 1680 g/mol. The summed E-state index contributed by atoms with van der Waals surface area (Å²) in [4.78, 5) is 10.1. The van der Waals surface area contributed by atoms with Crippen LogP contribution in [-0.4, -0.2) is 0 Å². The molecule has 8 bridgehead atoms. The molecule has 8 fully saturated rings. The highest BCUT2D eigenvalue weighted by atomic mass is 15.2. The minimum atomic E-state index is -0.106. The first-order valence-corrected chi connectivity index (χ1v) is 48.4. The van der Waals surface area contributed by atoms with E-state index in [1.165, 1.54) is 236 Å². The summed E-state index contributed by atoms with van der Waals surface area (Å²) in [5.41, 5.74) is 34.4. The predicted octanol–water partition coefficient (Wildman–Crippen LogP) is 34.5. The molecule has 628 valence electrons. The van der Waals surface area contributed by atoms with Crippen molar-refractivity contribution in [1.29, 1.82) is 0 Å². The first-order chi connectivity index (χ1) is 64.7. The van der Waals surface area contributed by atoms with Gasteiger partial charge in [0.05, 0.1) is 34.1 Å². The number of nitrogens with zero attached hydrogens (tertiary/aromatic N) is 4. The van der Waals surface area contributed by atoms with E-state index in [-0.39, 0.29) is 16.2 Å². The lowest BCUT2D eigenvalue weighted by Gasteiger charge is -2.61. The SMILES string of the molecule is CC1(C)c2ccccc2-c2ccc(N(c3ccccc3)c3ccc4ccc5c(N(c6ccccc6)c6cccc7c6-c6ccccc6C76C7CC8CC(C7)CC6C8)ccc6ccc3c4c65)cc21.c1ccc(-c2cccc(N(c3ccccc3)c3ccc4ccc5c(N(c6ccccc6)c6cccc7c6-c6ccccc6C76C7CC8CC(C7)CC6C8)ccc6ccc3c4c65)c2)cc1. The zero-order valence-corrected chi connectivity index (χ0v) is 74.1. The second-order valence-electron chi connectivity index (χ2n) is 40.5. The molecule has 131 heavy (non-hydrogen) atoms. The zero-order chi connectivity index (χ0) is 86.1. The van der Waals surface area contributed by atoms with E-state index in [1.807, 2.05) is 0 Å². The molecule has 20 aromatic rings. The van der Waals surface area contributed by atoms with Crippen molar-refractivity contribution in [3.05, 3.63) is 434 Å². The summed E-state index contributed by atoms with van der Waals surface area (Å²) < 4.78 is 0. The maximum atomic E-state index is 2.61. The van der Waals surface area contributed by atoms with Crippen LogP contribution in [-0.2, 0) is 16.2 Å². The summed E-state index contributed by atoms with van der Waals surface area (Å²) in [7, 11) is 0. The third-order valence-electron chi connectivity index (χ3n) is 33.9. The Kier molecular flexibility index (Phi) is 16.7. The molecule has 8 saturated carbocycles. The zero-order valence-electron chi connectivity index (χ0n) is 74.1. The van der Waals surface area contributed by atoms with Gasteiger partial charge in [-0.3, -0.25) is 0 Å². The summed E-state index contributed by atoms with van der Waals surface area (Å²) >= 11 is 0. The molecule has 0 saturated heterocycles. The predicted molar refractivity (Wildman–Crippen MR) is 549 cm³/mol. The Morgan fingerprint density at radius 3 is 0.901 bits per heavy atom. The second kappa shape index (κ2) is 28.8. The molecule has 0 atom stereocenters. The Morgan fingerprint density at radius 1 is 0.198 bits per heavy atom. The Morgan fingerprint density at radius 2 is 0.496 bits per heavy atom. The van der Waals surface area contributed by atoms with E-state index in [0.29, 0.717) is 23.7 Å². The maximum Gasteiger partial charge on any atom is 0.0543 e. The molecule has 0 radical (unpaired) electrons. The van der Waals surface area contributed by atoms with Crippen LogP contribution < -0.4 is 19.6 Å². The molecule has 4 heteroatoms. The highest BCUT2D eigenvalue weighted by Gasteiger charge is 2.64. The van der Waals surface area contributed by atoms with Gasteiger partial charge in [0.15, 0.2) is 0 Å². The molecule has 31 rings (SSSR count). The number of hydrogen-bond donors (Lipinski definition) is 0. The van der Waals surface area contributed by atoms with Crippen LogP contribution in [0.2, 0.25) is 0 Å². The fourth-order valence-corrected chi connectivity index (χ4v) is 29.3. The van der Waals surface area contributed by atoms with Crippen LogP contribution in [0.15, 0.2) is 400 Å². The van der Waals surface area contributed by atoms with Gasteiger partial charge in [-0.2, -0.15) is 0 Å². The summed E-state index contributed by atoms with van der Waals surface area (Å²) in [6.45, 7) is 4.76. The van der Waals surface area contributed by atoms with Gasteiger partial charge in [-0.15, -0.1) is 0 Å². The van der Waals surface area contributed by atoms with Gasteiger partial charge in [-0.1, -0.05) is 305 Å². The van der Waals surface area contributed by atoms with Gasteiger partial charge in [-0.05, 0) is 331 Å². The summed E-state index contributed by atoms with van der Waals surface area (Å²) in [5, 5.41) is 15.3. The maximum absolute atomic E-state index is 2.61. The molecule has 11 aliphatic rings. The Bertz CT molecular complexity index is 7930. The van der Waals surface area contributed by atoms with Crippen molar-refractivity contribution in [3.63, 3.8) is 0 Å². The van der Waals surface area contributed by atoms with Crippen molar-refractivity contribution < 1.29 is 0 Å². The molecule has 0 heterocycles. The van der Waals surface area contributed by atoms with Crippen LogP contribution in [0.25, 0.3) is 109 Å². The van der Waals surface area contributed by atoms with E-state index in [0.717, 1.165) is 40.7 Å². The van der Waals surface area contributed by atoms with E-state index >= 15 is 0 Å². The van der Waals surface area contributed by atoms with Crippen LogP contribution in [0, 0.1) is 47.3 Å². The highest BCUT2D eigenvalue weighted by molar-refractivity contribution is 6.30. The van der Waals surface area contributed by atoms with Crippen LogP contribution in [0.4, 0.5) is 68.2 Å². The third-order valence-corrected chi connectivity index (χ3v) is 33.9. The number of rotatable bonds is 13. The van der Waals surface area contributed by atoms with E-state index in [4.69, 9.17) is 0 Å². The molecule has 4 nitrogen and oxygen atoms in total. The van der Waals surface area contributed by atoms with Gasteiger partial charge < -0.3 is 19.6 Å². The van der Waals surface area contributed by atoms with E-state index in [9.17, 15) is 0 Å². The van der Waals surface area contributed by atoms with Crippen LogP contribution in [0.3, 0.4) is 0 Å². The number of anilines is 12. The van der Waals surface area contributed by atoms with Gasteiger partial charge in [0.1, 0.15) is 0 Å². The van der Waals surface area contributed by atoms with Crippen LogP contribution in [0.1, 0.15) is 111 Å². The number of benzene rings is 20. The molecule has 0 aliphatic heterocycles. The fraction of sp³-hybridized carbons (Fsp3) is 0.181. The Labute approximate surface area is 767 Å². The lowest BCUT2D eigenvalue weighted by Crippen LogP contribution is -2.55. The topological polar surface area (TPSA) is 13.0 Å². The summed E-state index contributed by atoms with van der Waals surface area (Å²) in [6.07, 6.45) is 14.0. The van der Waals surface area contributed by atoms with Gasteiger partial charge >= 0.3 is 0 Å². The quantitative estimate of drug-likeness (QED) is 0.107. The van der Waals surface area contributed by atoms with Crippen molar-refractivity contribution in [2.24, 2.45) is 47.3 Å². The fourth-order valence-electron chi connectivity index (χ4n) is 29.3.